The lowest BCUT2D eigenvalue weighted by Crippen LogP contribution is -2.25. The molecule has 1 aromatic heterocycles. The van der Waals surface area contributed by atoms with Crippen LogP contribution in [0.4, 0.5) is 5.69 Å². The Balaban J connectivity index is 1.42. The first-order chi connectivity index (χ1) is 17.4. The van der Waals surface area contributed by atoms with E-state index < -0.39 is 0 Å². The van der Waals surface area contributed by atoms with Crippen LogP contribution in [0.1, 0.15) is 19.3 Å². The second-order valence-corrected chi connectivity index (χ2v) is 8.60. The van der Waals surface area contributed by atoms with Gasteiger partial charge in [-0.05, 0) is 64.1 Å². The molecule has 0 aliphatic carbocycles. The molecule has 0 radical (unpaired) electrons. The average molecular weight is 469 g/mol. The second-order valence-electron chi connectivity index (χ2n) is 8.60. The summed E-state index contributed by atoms with van der Waals surface area (Å²) in [5, 5.41) is 10.5. The average Bonchev–Trinajstić information content (AvgIpc) is 2.92. The summed E-state index contributed by atoms with van der Waals surface area (Å²) in [4.78, 5) is 10.2. The van der Waals surface area contributed by atoms with Gasteiger partial charge in [0.05, 0.1) is 22.6 Å². The van der Waals surface area contributed by atoms with E-state index in [0.29, 0.717) is 0 Å². The Hall–Kier alpha value is -3.32. The van der Waals surface area contributed by atoms with Gasteiger partial charge in [-0.2, -0.15) is 0 Å². The number of benzene rings is 3. The van der Waals surface area contributed by atoms with Crippen molar-refractivity contribution in [3.05, 3.63) is 78.9 Å². The molecule has 3 aromatic carbocycles. The summed E-state index contributed by atoms with van der Waals surface area (Å²) in [5.41, 5.74) is 12.3. The SMILES string of the molecule is NCCCNCCCNCCCNc1cccc2nc(-c3ccccc3)c(-c3ccccc3)nc12. The van der Waals surface area contributed by atoms with Crippen LogP contribution in [-0.4, -0.2) is 49.2 Å². The third-order valence-electron chi connectivity index (χ3n) is 5.90. The smallest absolute Gasteiger partial charge is 0.113 e. The molecule has 0 aliphatic rings. The van der Waals surface area contributed by atoms with Crippen molar-refractivity contribution in [3.63, 3.8) is 0 Å². The highest BCUT2D eigenvalue weighted by Gasteiger charge is 2.14. The van der Waals surface area contributed by atoms with E-state index in [1.807, 2.05) is 48.5 Å². The Morgan fingerprint density at radius 3 is 1.77 bits per heavy atom. The van der Waals surface area contributed by atoms with Crippen molar-refractivity contribution in [2.45, 2.75) is 19.3 Å². The molecule has 5 N–H and O–H groups in total. The zero-order valence-corrected chi connectivity index (χ0v) is 20.3. The van der Waals surface area contributed by atoms with Crippen LogP contribution in [0.2, 0.25) is 0 Å². The molecule has 0 atom stereocenters. The molecule has 1 heterocycles. The number of nitrogens with one attached hydrogen (secondary N) is 3. The molecule has 35 heavy (non-hydrogen) atoms. The number of fused-ring (bicyclic) bond motifs is 1. The molecule has 0 aliphatic heterocycles. The first-order valence-electron chi connectivity index (χ1n) is 12.6. The van der Waals surface area contributed by atoms with Crippen molar-refractivity contribution in [1.82, 2.24) is 20.6 Å². The molecule has 0 amide bonds. The predicted molar refractivity (Wildman–Crippen MR) is 148 cm³/mol. The maximum Gasteiger partial charge on any atom is 0.113 e. The molecule has 0 saturated carbocycles. The van der Waals surface area contributed by atoms with E-state index in [0.717, 1.165) is 97.8 Å². The minimum absolute atomic E-state index is 0.752. The Kier molecular flexibility index (Phi) is 9.59. The van der Waals surface area contributed by atoms with Crippen molar-refractivity contribution >= 4 is 16.7 Å². The third kappa shape index (κ3) is 7.09. The molecular formula is C29H36N6. The quantitative estimate of drug-likeness (QED) is 0.201. The van der Waals surface area contributed by atoms with E-state index in [9.17, 15) is 0 Å². The third-order valence-corrected chi connectivity index (χ3v) is 5.90. The van der Waals surface area contributed by atoms with E-state index in [-0.39, 0.29) is 0 Å². The number of nitrogens with two attached hydrogens (primary N) is 1. The van der Waals surface area contributed by atoms with E-state index >= 15 is 0 Å². The van der Waals surface area contributed by atoms with Gasteiger partial charge in [0.15, 0.2) is 0 Å². The molecule has 4 rings (SSSR count). The minimum Gasteiger partial charge on any atom is -0.383 e. The van der Waals surface area contributed by atoms with Crippen LogP contribution in [0, 0.1) is 0 Å². The fourth-order valence-corrected chi connectivity index (χ4v) is 4.07. The summed E-state index contributed by atoms with van der Waals surface area (Å²) in [5.74, 6) is 0. The zero-order valence-electron chi connectivity index (χ0n) is 20.3. The van der Waals surface area contributed by atoms with Gasteiger partial charge in [-0.3, -0.25) is 0 Å². The Morgan fingerprint density at radius 2 is 1.14 bits per heavy atom. The van der Waals surface area contributed by atoms with Gasteiger partial charge in [0.1, 0.15) is 5.52 Å². The van der Waals surface area contributed by atoms with Gasteiger partial charge in [0, 0.05) is 17.7 Å². The van der Waals surface area contributed by atoms with Crippen LogP contribution in [0.15, 0.2) is 78.9 Å². The molecular weight excluding hydrogens is 432 g/mol. The molecule has 6 heteroatoms. The van der Waals surface area contributed by atoms with Crippen molar-refractivity contribution < 1.29 is 0 Å². The van der Waals surface area contributed by atoms with Crippen molar-refractivity contribution in [2.24, 2.45) is 5.73 Å². The van der Waals surface area contributed by atoms with E-state index in [1.54, 1.807) is 0 Å². The molecule has 0 spiro atoms. The number of nitrogens with zero attached hydrogens (tertiary/aromatic N) is 2. The lowest BCUT2D eigenvalue weighted by atomic mass is 10.0. The molecule has 0 bridgehead atoms. The van der Waals surface area contributed by atoms with Crippen molar-refractivity contribution in [1.29, 1.82) is 0 Å². The molecule has 6 nitrogen and oxygen atoms in total. The maximum atomic E-state index is 5.51. The summed E-state index contributed by atoms with van der Waals surface area (Å²) < 4.78 is 0. The Morgan fingerprint density at radius 1 is 0.571 bits per heavy atom. The summed E-state index contributed by atoms with van der Waals surface area (Å²) in [6, 6.07) is 26.8. The maximum absolute atomic E-state index is 5.51. The number of aromatic nitrogens is 2. The largest absolute Gasteiger partial charge is 0.383 e. The van der Waals surface area contributed by atoms with Gasteiger partial charge in [0.2, 0.25) is 0 Å². The Labute approximate surface area is 208 Å². The number of rotatable bonds is 14. The fourth-order valence-electron chi connectivity index (χ4n) is 4.07. The normalized spacial score (nSPS) is 11.1. The summed E-state index contributed by atoms with van der Waals surface area (Å²) >= 11 is 0. The highest BCUT2D eigenvalue weighted by atomic mass is 14.9. The van der Waals surface area contributed by atoms with Gasteiger partial charge in [-0.1, -0.05) is 66.7 Å². The number of hydrogen-bond acceptors (Lipinski definition) is 6. The topological polar surface area (TPSA) is 87.9 Å². The van der Waals surface area contributed by atoms with Gasteiger partial charge in [-0.25, -0.2) is 9.97 Å². The summed E-state index contributed by atoms with van der Waals surface area (Å²) in [6.45, 7) is 5.69. The summed E-state index contributed by atoms with van der Waals surface area (Å²) in [6.07, 6.45) is 3.21. The van der Waals surface area contributed by atoms with Gasteiger partial charge < -0.3 is 21.7 Å². The lowest BCUT2D eigenvalue weighted by Gasteiger charge is -2.14. The monoisotopic (exact) mass is 468 g/mol. The fraction of sp³-hybridized carbons (Fsp3) is 0.310. The number of hydrogen-bond donors (Lipinski definition) is 4. The van der Waals surface area contributed by atoms with Crippen LogP contribution >= 0.6 is 0 Å². The van der Waals surface area contributed by atoms with Crippen LogP contribution < -0.4 is 21.7 Å². The van der Waals surface area contributed by atoms with Crippen LogP contribution in [0.3, 0.4) is 0 Å². The lowest BCUT2D eigenvalue weighted by molar-refractivity contribution is 0.581. The molecule has 0 fully saturated rings. The molecule has 0 saturated heterocycles. The van der Waals surface area contributed by atoms with Crippen LogP contribution in [0.5, 0.6) is 0 Å². The highest BCUT2D eigenvalue weighted by Crippen LogP contribution is 2.32. The zero-order chi connectivity index (χ0) is 24.1. The number of para-hydroxylation sites is 1. The van der Waals surface area contributed by atoms with E-state index in [2.05, 4.69) is 46.3 Å². The predicted octanol–water partition coefficient (Wildman–Crippen LogP) is 4.68. The van der Waals surface area contributed by atoms with E-state index in [4.69, 9.17) is 15.7 Å². The highest BCUT2D eigenvalue weighted by molar-refractivity contribution is 5.93. The number of anilines is 1. The Bertz CT molecular complexity index is 1160. The molecule has 182 valence electrons. The second kappa shape index (κ2) is 13.5. The van der Waals surface area contributed by atoms with Crippen LogP contribution in [-0.2, 0) is 0 Å². The molecule has 0 unspecified atom stereocenters. The first kappa shape index (κ1) is 24.8. The van der Waals surface area contributed by atoms with Gasteiger partial charge in [-0.15, -0.1) is 0 Å². The van der Waals surface area contributed by atoms with Gasteiger partial charge >= 0.3 is 0 Å². The standard InChI is InChI=1S/C29H36N6/c30-17-8-18-31-19-9-20-32-21-10-22-33-25-15-7-16-26-29(25)35-28(24-13-5-2-6-14-24)27(34-26)23-11-3-1-4-12-23/h1-7,11-16,31-33H,8-10,17-22,30H2. The van der Waals surface area contributed by atoms with Crippen molar-refractivity contribution in [3.8, 4) is 22.5 Å². The van der Waals surface area contributed by atoms with Crippen molar-refractivity contribution in [2.75, 3.05) is 44.6 Å². The minimum atomic E-state index is 0.752. The first-order valence-corrected chi connectivity index (χ1v) is 12.6. The van der Waals surface area contributed by atoms with Gasteiger partial charge in [0.25, 0.3) is 0 Å². The van der Waals surface area contributed by atoms with Crippen LogP contribution in [0.25, 0.3) is 33.5 Å². The molecule has 4 aromatic rings. The van der Waals surface area contributed by atoms with E-state index in [1.165, 1.54) is 0 Å². The summed E-state index contributed by atoms with van der Waals surface area (Å²) in [7, 11) is 0.